The van der Waals surface area contributed by atoms with Crippen LogP contribution in [0.1, 0.15) is 57.0 Å². The summed E-state index contributed by atoms with van der Waals surface area (Å²) in [6.45, 7) is 8.66. The zero-order chi connectivity index (χ0) is 22.8. The molecule has 170 valence electrons. The van der Waals surface area contributed by atoms with Crippen molar-refractivity contribution in [2.24, 2.45) is 17.8 Å². The summed E-state index contributed by atoms with van der Waals surface area (Å²) in [6, 6.07) is 15.2. The SMILES string of the molecule is Cc1ccc([C@H](O)[P@](=O)(O[C@@H]2C[C@@H](C)CC[C@H]2C(C)C)c2ccc(N(C)C)cc2)cc1. The van der Waals surface area contributed by atoms with E-state index in [2.05, 4.69) is 20.8 Å². The zero-order valence-corrected chi connectivity index (χ0v) is 20.7. The van der Waals surface area contributed by atoms with Crippen LogP contribution in [-0.2, 0) is 9.09 Å². The second-order valence-electron chi connectivity index (χ2n) is 9.76. The Morgan fingerprint density at radius 1 is 1.03 bits per heavy atom. The molecule has 0 amide bonds. The number of benzene rings is 2. The van der Waals surface area contributed by atoms with E-state index < -0.39 is 13.2 Å². The van der Waals surface area contributed by atoms with E-state index in [4.69, 9.17) is 4.52 Å². The lowest BCUT2D eigenvalue weighted by Crippen LogP contribution is -2.35. The van der Waals surface area contributed by atoms with Gasteiger partial charge in [0, 0.05) is 25.1 Å². The van der Waals surface area contributed by atoms with Crippen LogP contribution in [0.4, 0.5) is 5.69 Å². The molecule has 1 aliphatic carbocycles. The minimum absolute atomic E-state index is 0.122. The van der Waals surface area contributed by atoms with Crippen LogP contribution < -0.4 is 10.2 Å². The first-order valence-corrected chi connectivity index (χ1v) is 13.1. The highest BCUT2D eigenvalue weighted by molar-refractivity contribution is 7.67. The van der Waals surface area contributed by atoms with Crippen LogP contribution in [0.25, 0.3) is 0 Å². The minimum atomic E-state index is -3.58. The lowest BCUT2D eigenvalue weighted by atomic mass is 9.75. The maximum absolute atomic E-state index is 14.5. The molecule has 2 aromatic carbocycles. The number of rotatable bonds is 7. The van der Waals surface area contributed by atoms with Gasteiger partial charge in [-0.2, -0.15) is 0 Å². The van der Waals surface area contributed by atoms with E-state index in [1.165, 1.54) is 6.42 Å². The molecule has 0 spiro atoms. The summed E-state index contributed by atoms with van der Waals surface area (Å²) in [5.74, 6) is 0.124. The average molecular weight is 444 g/mol. The highest BCUT2D eigenvalue weighted by Crippen LogP contribution is 2.60. The number of anilines is 1. The summed E-state index contributed by atoms with van der Waals surface area (Å²) < 4.78 is 21.1. The molecule has 2 aromatic rings. The molecular formula is C26H38NO3P. The molecule has 0 heterocycles. The monoisotopic (exact) mass is 443 g/mol. The van der Waals surface area contributed by atoms with Crippen molar-refractivity contribution in [3.05, 3.63) is 59.7 Å². The van der Waals surface area contributed by atoms with E-state index in [-0.39, 0.29) is 6.10 Å². The van der Waals surface area contributed by atoms with Gasteiger partial charge >= 0.3 is 0 Å². The van der Waals surface area contributed by atoms with Crippen molar-refractivity contribution < 1.29 is 14.2 Å². The van der Waals surface area contributed by atoms with Gasteiger partial charge in [0.05, 0.1) is 6.10 Å². The maximum Gasteiger partial charge on any atom is 0.264 e. The molecule has 4 nitrogen and oxygen atoms in total. The smallest absolute Gasteiger partial charge is 0.264 e. The molecule has 1 aliphatic rings. The van der Waals surface area contributed by atoms with Gasteiger partial charge < -0.3 is 14.5 Å². The second kappa shape index (κ2) is 9.90. The maximum atomic E-state index is 14.5. The van der Waals surface area contributed by atoms with Crippen LogP contribution >= 0.6 is 7.37 Å². The van der Waals surface area contributed by atoms with Crippen LogP contribution in [-0.4, -0.2) is 25.3 Å². The van der Waals surface area contributed by atoms with Crippen LogP contribution in [0.15, 0.2) is 48.5 Å². The topological polar surface area (TPSA) is 49.8 Å². The van der Waals surface area contributed by atoms with Crippen molar-refractivity contribution in [3.8, 4) is 0 Å². The molecule has 31 heavy (non-hydrogen) atoms. The third-order valence-electron chi connectivity index (χ3n) is 6.68. The van der Waals surface area contributed by atoms with Crippen molar-refractivity contribution in [2.45, 2.75) is 58.9 Å². The van der Waals surface area contributed by atoms with E-state index in [9.17, 15) is 9.67 Å². The fraction of sp³-hybridized carbons (Fsp3) is 0.538. The zero-order valence-electron chi connectivity index (χ0n) is 19.8. The van der Waals surface area contributed by atoms with E-state index in [1.54, 1.807) is 0 Å². The van der Waals surface area contributed by atoms with Gasteiger partial charge in [0.15, 0.2) is 5.85 Å². The lowest BCUT2D eigenvalue weighted by Gasteiger charge is -2.40. The predicted octanol–water partition coefficient (Wildman–Crippen LogP) is 6.13. The molecule has 0 bridgehead atoms. The molecule has 0 saturated heterocycles. The molecule has 0 unspecified atom stereocenters. The van der Waals surface area contributed by atoms with Gasteiger partial charge in [-0.3, -0.25) is 4.57 Å². The Kier molecular flexibility index (Phi) is 7.68. The summed E-state index contributed by atoms with van der Waals surface area (Å²) in [5.41, 5.74) is 2.75. The molecule has 1 saturated carbocycles. The Morgan fingerprint density at radius 2 is 1.65 bits per heavy atom. The van der Waals surface area contributed by atoms with Crippen LogP contribution in [0.5, 0.6) is 0 Å². The fourth-order valence-electron chi connectivity index (χ4n) is 4.59. The quantitative estimate of drug-likeness (QED) is 0.523. The molecule has 0 radical (unpaired) electrons. The standard InChI is InChI=1S/C26H38NO3P/c1-18(2)24-16-9-20(4)17-25(24)30-31(29,23-14-12-22(13-15-23)27(5)6)26(28)21-10-7-19(3)8-11-21/h7-8,10-15,18,20,24-26,28H,9,16-17H2,1-6H3/t20-,24-,25+,26+,31+/m0/s1. The van der Waals surface area contributed by atoms with Crippen LogP contribution in [0.2, 0.25) is 0 Å². The van der Waals surface area contributed by atoms with Gasteiger partial charge in [-0.05, 0) is 67.3 Å². The number of aliphatic hydroxyl groups is 1. The average Bonchev–Trinajstić information content (AvgIpc) is 2.73. The number of hydrogen-bond acceptors (Lipinski definition) is 4. The minimum Gasteiger partial charge on any atom is -0.378 e. The van der Waals surface area contributed by atoms with Gasteiger partial charge in [-0.25, -0.2) is 0 Å². The molecule has 0 aromatic heterocycles. The molecule has 5 heteroatoms. The van der Waals surface area contributed by atoms with Gasteiger partial charge in [-0.1, -0.05) is 57.0 Å². The summed E-state index contributed by atoms with van der Waals surface area (Å²) in [7, 11) is 0.365. The van der Waals surface area contributed by atoms with Crippen molar-refractivity contribution in [3.63, 3.8) is 0 Å². The molecule has 0 aliphatic heterocycles. The normalized spacial score (nSPS) is 24.6. The van der Waals surface area contributed by atoms with Gasteiger partial charge in [0.25, 0.3) is 7.37 Å². The van der Waals surface area contributed by atoms with E-state index in [1.807, 2.05) is 74.4 Å². The number of aryl methyl sites for hydroxylation is 1. The van der Waals surface area contributed by atoms with Gasteiger partial charge in [-0.15, -0.1) is 0 Å². The largest absolute Gasteiger partial charge is 0.378 e. The molecule has 5 atom stereocenters. The summed E-state index contributed by atoms with van der Waals surface area (Å²) in [4.78, 5) is 2.00. The molecule has 3 rings (SSSR count). The first-order chi connectivity index (χ1) is 14.6. The van der Waals surface area contributed by atoms with Crippen molar-refractivity contribution in [1.29, 1.82) is 0 Å². The Morgan fingerprint density at radius 3 is 2.19 bits per heavy atom. The predicted molar refractivity (Wildman–Crippen MR) is 130 cm³/mol. The summed E-state index contributed by atoms with van der Waals surface area (Å²) in [6.07, 6.45) is 3.00. The first-order valence-electron chi connectivity index (χ1n) is 11.4. The van der Waals surface area contributed by atoms with Gasteiger partial charge in [0.1, 0.15) is 0 Å². The molecule has 1 fully saturated rings. The summed E-state index contributed by atoms with van der Waals surface area (Å²) >= 11 is 0. The third kappa shape index (κ3) is 5.42. The van der Waals surface area contributed by atoms with E-state index in [0.29, 0.717) is 28.6 Å². The van der Waals surface area contributed by atoms with Crippen molar-refractivity contribution in [1.82, 2.24) is 0 Å². The summed E-state index contributed by atoms with van der Waals surface area (Å²) in [5, 5.41) is 12.0. The second-order valence-corrected chi connectivity index (χ2v) is 12.2. The number of aliphatic hydroxyl groups excluding tert-OH is 1. The van der Waals surface area contributed by atoms with Crippen molar-refractivity contribution in [2.75, 3.05) is 19.0 Å². The Hall–Kier alpha value is -1.61. The Labute approximate surface area is 188 Å². The Bertz CT molecular complexity index is 892. The van der Waals surface area contributed by atoms with Gasteiger partial charge in [0.2, 0.25) is 0 Å². The highest BCUT2D eigenvalue weighted by atomic mass is 31.2. The van der Waals surface area contributed by atoms with E-state index >= 15 is 0 Å². The first kappa shape index (κ1) is 24.0. The number of hydrogen-bond donors (Lipinski definition) is 1. The third-order valence-corrected chi connectivity index (χ3v) is 9.22. The lowest BCUT2D eigenvalue weighted by molar-refractivity contribution is 0.0427. The Balaban J connectivity index is 2.02. The van der Waals surface area contributed by atoms with Crippen LogP contribution in [0.3, 0.4) is 0 Å². The van der Waals surface area contributed by atoms with E-state index in [0.717, 1.165) is 24.1 Å². The number of nitrogens with zero attached hydrogens (tertiary/aromatic N) is 1. The highest BCUT2D eigenvalue weighted by Gasteiger charge is 2.42. The van der Waals surface area contributed by atoms with Crippen LogP contribution in [0, 0.1) is 24.7 Å². The molecular weight excluding hydrogens is 405 g/mol. The fourth-order valence-corrected chi connectivity index (χ4v) is 6.88. The molecule has 1 N–H and O–H groups in total. The van der Waals surface area contributed by atoms with Crippen molar-refractivity contribution >= 4 is 18.4 Å².